The van der Waals surface area contributed by atoms with Crippen molar-refractivity contribution in [2.24, 2.45) is 0 Å². The number of rotatable bonds is 5. The summed E-state index contributed by atoms with van der Waals surface area (Å²) in [5.41, 5.74) is 3.16. The predicted molar refractivity (Wildman–Crippen MR) is 99.6 cm³/mol. The average molecular weight is 352 g/mol. The second-order valence-corrected chi connectivity index (χ2v) is 7.48. The van der Waals surface area contributed by atoms with Gasteiger partial charge in [-0.15, -0.1) is 0 Å². The predicted octanol–water partition coefficient (Wildman–Crippen LogP) is 2.63. The number of amides is 1. The van der Waals surface area contributed by atoms with Crippen molar-refractivity contribution in [2.45, 2.75) is 45.3 Å². The van der Waals surface area contributed by atoms with Crippen molar-refractivity contribution in [1.29, 1.82) is 0 Å². The van der Waals surface area contributed by atoms with Crippen LogP contribution >= 0.6 is 0 Å². The Morgan fingerprint density at radius 1 is 1.15 bits per heavy atom. The number of benzene rings is 1. The Morgan fingerprint density at radius 3 is 2.58 bits per heavy atom. The lowest BCUT2D eigenvalue weighted by atomic mass is 10.1. The molecule has 2 aromatic rings. The van der Waals surface area contributed by atoms with Crippen LogP contribution < -0.4 is 10.3 Å². The van der Waals surface area contributed by atoms with Crippen molar-refractivity contribution in [3.63, 3.8) is 0 Å². The molecule has 1 aromatic carbocycles. The molecule has 1 saturated carbocycles. The smallest absolute Gasteiger partial charge is 0.254 e. The largest absolute Gasteiger partial charge is 0.486 e. The summed E-state index contributed by atoms with van der Waals surface area (Å²) >= 11 is 0. The number of aryl methyl sites for hydroxylation is 2. The summed E-state index contributed by atoms with van der Waals surface area (Å²) < 4.78 is 7.76. The van der Waals surface area contributed by atoms with Crippen LogP contribution in [0, 0.1) is 13.8 Å². The van der Waals surface area contributed by atoms with Gasteiger partial charge in [-0.05, 0) is 38.3 Å². The number of hydrogen-bond acceptors (Lipinski definition) is 3. The zero-order chi connectivity index (χ0) is 18.3. The highest BCUT2D eigenvalue weighted by atomic mass is 16.5. The summed E-state index contributed by atoms with van der Waals surface area (Å²) in [6, 6.07) is 11.9. The Morgan fingerprint density at radius 2 is 1.92 bits per heavy atom. The highest BCUT2D eigenvalue weighted by Gasteiger charge is 2.32. The molecule has 26 heavy (non-hydrogen) atoms. The number of aromatic nitrogens is 1. The van der Waals surface area contributed by atoms with E-state index in [2.05, 4.69) is 0 Å². The molecule has 1 saturated heterocycles. The average Bonchev–Trinajstić information content (AvgIpc) is 3.34. The zero-order valence-electron chi connectivity index (χ0n) is 15.3. The quantitative estimate of drug-likeness (QED) is 0.831. The molecular weight excluding hydrogens is 328 g/mol. The van der Waals surface area contributed by atoms with Gasteiger partial charge < -0.3 is 14.2 Å². The highest BCUT2D eigenvalue weighted by Crippen LogP contribution is 2.35. The van der Waals surface area contributed by atoms with Crippen LogP contribution in [-0.2, 0) is 11.2 Å². The van der Waals surface area contributed by atoms with Crippen LogP contribution in [0.3, 0.4) is 0 Å². The van der Waals surface area contributed by atoms with E-state index in [-0.39, 0.29) is 17.6 Å². The minimum Gasteiger partial charge on any atom is -0.486 e. The van der Waals surface area contributed by atoms with E-state index in [0.29, 0.717) is 31.3 Å². The van der Waals surface area contributed by atoms with E-state index in [1.54, 1.807) is 6.07 Å². The van der Waals surface area contributed by atoms with Crippen molar-refractivity contribution in [2.75, 3.05) is 13.1 Å². The molecule has 0 spiro atoms. The van der Waals surface area contributed by atoms with E-state index >= 15 is 0 Å². The van der Waals surface area contributed by atoms with Gasteiger partial charge in [-0.25, -0.2) is 0 Å². The van der Waals surface area contributed by atoms with Crippen LogP contribution in [0.2, 0.25) is 0 Å². The van der Waals surface area contributed by atoms with E-state index in [0.717, 1.165) is 29.7 Å². The molecule has 4 rings (SSSR count). The molecule has 0 unspecified atom stereocenters. The number of ether oxygens (including phenoxy) is 1. The Hall–Kier alpha value is -2.56. The first-order chi connectivity index (χ1) is 12.5. The van der Waals surface area contributed by atoms with Crippen LogP contribution in [0.15, 0.2) is 41.2 Å². The van der Waals surface area contributed by atoms with Gasteiger partial charge in [0.25, 0.3) is 5.56 Å². The van der Waals surface area contributed by atoms with Gasteiger partial charge in [0.1, 0.15) is 11.9 Å². The summed E-state index contributed by atoms with van der Waals surface area (Å²) in [5.74, 6) is 0.732. The third-order valence-electron chi connectivity index (χ3n) is 5.09. The van der Waals surface area contributed by atoms with Gasteiger partial charge >= 0.3 is 0 Å². The number of carbonyl (C=O) groups is 1. The molecule has 2 fully saturated rings. The van der Waals surface area contributed by atoms with Gasteiger partial charge in [-0.1, -0.05) is 29.8 Å². The van der Waals surface area contributed by atoms with E-state index in [4.69, 9.17) is 4.74 Å². The maximum absolute atomic E-state index is 12.4. The molecule has 1 aliphatic heterocycles. The van der Waals surface area contributed by atoms with Crippen LogP contribution in [0.5, 0.6) is 5.75 Å². The van der Waals surface area contributed by atoms with Gasteiger partial charge in [-0.2, -0.15) is 0 Å². The Kier molecular flexibility index (Phi) is 4.31. The third kappa shape index (κ3) is 3.52. The molecule has 2 heterocycles. The van der Waals surface area contributed by atoms with E-state index in [1.807, 2.05) is 53.6 Å². The monoisotopic (exact) mass is 352 g/mol. The number of likely N-dealkylation sites (tertiary alicyclic amines) is 1. The lowest BCUT2D eigenvalue weighted by molar-refractivity contribution is -0.139. The second kappa shape index (κ2) is 6.63. The molecule has 0 bridgehead atoms. The summed E-state index contributed by atoms with van der Waals surface area (Å²) in [4.78, 5) is 26.4. The van der Waals surface area contributed by atoms with E-state index in [1.165, 1.54) is 0 Å². The number of pyridine rings is 1. The fourth-order valence-corrected chi connectivity index (χ4v) is 3.57. The van der Waals surface area contributed by atoms with Gasteiger partial charge in [0, 0.05) is 17.8 Å². The first kappa shape index (κ1) is 16.9. The van der Waals surface area contributed by atoms with Crippen LogP contribution in [0.25, 0.3) is 0 Å². The summed E-state index contributed by atoms with van der Waals surface area (Å²) in [5, 5.41) is 0. The van der Waals surface area contributed by atoms with Crippen molar-refractivity contribution in [1.82, 2.24) is 9.47 Å². The number of nitrogens with zero attached hydrogens (tertiary/aromatic N) is 2. The molecule has 136 valence electrons. The zero-order valence-corrected chi connectivity index (χ0v) is 15.3. The topological polar surface area (TPSA) is 51.5 Å². The molecule has 0 N–H and O–H groups in total. The fourth-order valence-electron chi connectivity index (χ4n) is 3.57. The number of hydrogen-bond donors (Lipinski definition) is 0. The molecule has 5 nitrogen and oxygen atoms in total. The summed E-state index contributed by atoms with van der Waals surface area (Å²) in [7, 11) is 0. The Balaban J connectivity index is 1.32. The van der Waals surface area contributed by atoms with Crippen molar-refractivity contribution < 1.29 is 9.53 Å². The Bertz CT molecular complexity index is 892. The summed E-state index contributed by atoms with van der Waals surface area (Å²) in [6.45, 7) is 5.14. The molecule has 0 atom stereocenters. The second-order valence-electron chi connectivity index (χ2n) is 7.48. The summed E-state index contributed by atoms with van der Waals surface area (Å²) in [6.07, 6.45) is 2.56. The molecule has 1 aromatic heterocycles. The maximum atomic E-state index is 12.4. The van der Waals surface area contributed by atoms with Crippen LogP contribution in [0.1, 0.15) is 35.7 Å². The molecule has 5 heteroatoms. The lowest BCUT2D eigenvalue weighted by Crippen LogP contribution is -2.56. The molecular formula is C21H24N2O3. The molecule has 2 aliphatic rings. The molecule has 1 amide bonds. The standard InChI is InChI=1S/C21H24N2O3/c1-14-4-3-5-16(8-14)10-20(24)22-12-19(13-22)26-18-9-15(2)23(17-6-7-17)21(25)11-18/h3-5,8-9,11,17,19H,6-7,10,12-13H2,1-2H3. The van der Waals surface area contributed by atoms with Gasteiger partial charge in [0.2, 0.25) is 5.91 Å². The minimum absolute atomic E-state index is 0.00852. The first-order valence-electron chi connectivity index (χ1n) is 9.23. The van der Waals surface area contributed by atoms with Crippen molar-refractivity contribution in [3.05, 3.63) is 63.6 Å². The van der Waals surface area contributed by atoms with Gasteiger partial charge in [0.15, 0.2) is 0 Å². The molecule has 1 aliphatic carbocycles. The lowest BCUT2D eigenvalue weighted by Gasteiger charge is -2.39. The fraction of sp³-hybridized carbons (Fsp3) is 0.429. The SMILES string of the molecule is Cc1cccc(CC(=O)N2CC(Oc3cc(C)n(C4CC4)c(=O)c3)C2)c1. The van der Waals surface area contributed by atoms with Crippen molar-refractivity contribution in [3.8, 4) is 5.75 Å². The normalized spacial score (nSPS) is 17.1. The first-order valence-corrected chi connectivity index (χ1v) is 9.23. The maximum Gasteiger partial charge on any atom is 0.254 e. The van der Waals surface area contributed by atoms with Gasteiger partial charge in [-0.3, -0.25) is 9.59 Å². The van der Waals surface area contributed by atoms with Gasteiger partial charge in [0.05, 0.1) is 19.5 Å². The van der Waals surface area contributed by atoms with Crippen LogP contribution in [-0.4, -0.2) is 34.6 Å². The minimum atomic E-state index is -0.0352. The van der Waals surface area contributed by atoms with Crippen LogP contribution in [0.4, 0.5) is 0 Å². The number of carbonyl (C=O) groups excluding carboxylic acids is 1. The van der Waals surface area contributed by atoms with Crippen molar-refractivity contribution >= 4 is 5.91 Å². The molecule has 0 radical (unpaired) electrons. The third-order valence-corrected chi connectivity index (χ3v) is 5.09. The Labute approximate surface area is 153 Å². The van der Waals surface area contributed by atoms with E-state index in [9.17, 15) is 9.59 Å². The highest BCUT2D eigenvalue weighted by molar-refractivity contribution is 5.79. The van der Waals surface area contributed by atoms with E-state index < -0.39 is 0 Å².